The lowest BCUT2D eigenvalue weighted by Crippen LogP contribution is -2.32. The maximum absolute atomic E-state index is 13.0. The summed E-state index contributed by atoms with van der Waals surface area (Å²) in [6.07, 6.45) is 3.47. The number of fused-ring (bicyclic) bond motifs is 1. The number of rotatable bonds is 7. The van der Waals surface area contributed by atoms with Gasteiger partial charge in [0.15, 0.2) is 0 Å². The van der Waals surface area contributed by atoms with E-state index in [1.807, 2.05) is 30.3 Å². The van der Waals surface area contributed by atoms with Gasteiger partial charge in [-0.3, -0.25) is 19.1 Å². The van der Waals surface area contributed by atoms with Crippen molar-refractivity contribution in [2.24, 2.45) is 14.1 Å². The predicted molar refractivity (Wildman–Crippen MR) is 110 cm³/mol. The number of nitrogens with one attached hydrogen (secondary N) is 1. The lowest BCUT2D eigenvalue weighted by Gasteiger charge is -2.14. The summed E-state index contributed by atoms with van der Waals surface area (Å²) in [7, 11) is 3.49. The van der Waals surface area contributed by atoms with Crippen molar-refractivity contribution in [2.75, 3.05) is 6.61 Å². The number of benzene rings is 1. The van der Waals surface area contributed by atoms with Gasteiger partial charge in [-0.25, -0.2) is 0 Å². The molecule has 9 heteroatoms. The number of aliphatic hydroxyl groups excluding tert-OH is 1. The molecule has 0 aliphatic carbocycles. The molecule has 1 amide bonds. The predicted octanol–water partition coefficient (Wildman–Crippen LogP) is 1.74. The molecule has 1 unspecified atom stereocenters. The van der Waals surface area contributed by atoms with Crippen LogP contribution in [0.25, 0.3) is 10.9 Å². The van der Waals surface area contributed by atoms with Crippen LogP contribution >= 0.6 is 0 Å². The van der Waals surface area contributed by atoms with Crippen molar-refractivity contribution in [1.29, 1.82) is 0 Å². The van der Waals surface area contributed by atoms with Gasteiger partial charge < -0.3 is 15.2 Å². The highest BCUT2D eigenvalue weighted by Crippen LogP contribution is 2.25. The molecule has 4 aromatic rings. The van der Waals surface area contributed by atoms with E-state index in [0.29, 0.717) is 34.6 Å². The molecule has 0 fully saturated rings. The number of amides is 1. The van der Waals surface area contributed by atoms with Crippen molar-refractivity contribution in [2.45, 2.75) is 12.6 Å². The highest BCUT2D eigenvalue weighted by Gasteiger charge is 2.22. The fourth-order valence-electron chi connectivity index (χ4n) is 3.24. The first-order chi connectivity index (χ1) is 14.5. The highest BCUT2D eigenvalue weighted by atomic mass is 16.5. The summed E-state index contributed by atoms with van der Waals surface area (Å²) in [6, 6.07) is 12.2. The van der Waals surface area contributed by atoms with Gasteiger partial charge >= 0.3 is 0 Å². The van der Waals surface area contributed by atoms with Crippen LogP contribution in [0.4, 0.5) is 0 Å². The molecule has 0 saturated carbocycles. The lowest BCUT2D eigenvalue weighted by atomic mass is 10.1. The van der Waals surface area contributed by atoms with Crippen LogP contribution in [0.15, 0.2) is 54.9 Å². The highest BCUT2D eigenvalue weighted by molar-refractivity contribution is 6.05. The minimum atomic E-state index is -0.618. The van der Waals surface area contributed by atoms with Crippen molar-refractivity contribution in [3.63, 3.8) is 0 Å². The third-order valence-electron chi connectivity index (χ3n) is 4.71. The zero-order chi connectivity index (χ0) is 21.1. The molecule has 1 aromatic carbocycles. The van der Waals surface area contributed by atoms with Crippen molar-refractivity contribution in [1.82, 2.24) is 29.9 Å². The Labute approximate surface area is 172 Å². The van der Waals surface area contributed by atoms with E-state index in [1.54, 1.807) is 43.3 Å². The Morgan fingerprint density at radius 3 is 2.77 bits per heavy atom. The number of aromatic nitrogens is 5. The van der Waals surface area contributed by atoms with E-state index in [1.165, 1.54) is 4.68 Å². The molecule has 2 N–H and O–H groups in total. The van der Waals surface area contributed by atoms with E-state index >= 15 is 0 Å². The van der Waals surface area contributed by atoms with Crippen LogP contribution in [0, 0.1) is 0 Å². The molecule has 9 nitrogen and oxygen atoms in total. The van der Waals surface area contributed by atoms with E-state index in [2.05, 4.69) is 20.5 Å². The van der Waals surface area contributed by atoms with Crippen LogP contribution in [-0.2, 0) is 20.7 Å². The molecule has 0 aliphatic rings. The molecule has 0 radical (unpaired) electrons. The van der Waals surface area contributed by atoms with Crippen LogP contribution in [-0.4, -0.2) is 42.2 Å². The summed E-state index contributed by atoms with van der Waals surface area (Å²) in [4.78, 5) is 17.3. The van der Waals surface area contributed by atoms with Gasteiger partial charge in [0.2, 0.25) is 0 Å². The lowest BCUT2D eigenvalue weighted by molar-refractivity contribution is 0.0906. The van der Waals surface area contributed by atoms with Crippen LogP contribution < -0.4 is 10.1 Å². The number of ether oxygens (including phenoxy) is 1. The molecule has 4 rings (SSSR count). The molecular formula is C21H22N6O3. The molecular weight excluding hydrogens is 384 g/mol. The number of aliphatic hydroxyl groups is 1. The van der Waals surface area contributed by atoms with Crippen LogP contribution in [0.2, 0.25) is 0 Å². The van der Waals surface area contributed by atoms with Gasteiger partial charge in [0.1, 0.15) is 18.1 Å². The summed E-state index contributed by atoms with van der Waals surface area (Å²) in [5.41, 5.74) is 2.44. The Hall–Kier alpha value is -3.72. The van der Waals surface area contributed by atoms with Crippen LogP contribution in [0.1, 0.15) is 27.9 Å². The zero-order valence-corrected chi connectivity index (χ0v) is 16.7. The second-order valence-electron chi connectivity index (χ2n) is 6.88. The van der Waals surface area contributed by atoms with Gasteiger partial charge in [0.05, 0.1) is 29.6 Å². The first kappa shape index (κ1) is 19.6. The SMILES string of the molecule is Cn1ccc(C(CO)NC(=O)c2c3cc(OCc4ccccn4)ccc3nn2C)n1. The Morgan fingerprint density at radius 2 is 2.07 bits per heavy atom. The molecule has 0 aliphatic heterocycles. The Kier molecular flexibility index (Phi) is 5.44. The Bertz CT molecular complexity index is 1170. The molecule has 3 heterocycles. The summed E-state index contributed by atoms with van der Waals surface area (Å²) < 4.78 is 8.98. The Morgan fingerprint density at radius 1 is 1.20 bits per heavy atom. The Balaban J connectivity index is 1.58. The van der Waals surface area contributed by atoms with Gasteiger partial charge in [-0.2, -0.15) is 10.2 Å². The van der Waals surface area contributed by atoms with Crippen molar-refractivity contribution in [3.05, 3.63) is 71.9 Å². The molecule has 154 valence electrons. The quantitative estimate of drug-likeness (QED) is 0.484. The normalized spacial score (nSPS) is 12.1. The molecule has 3 aromatic heterocycles. The fourth-order valence-corrected chi connectivity index (χ4v) is 3.24. The number of hydrogen-bond donors (Lipinski definition) is 2. The van der Waals surface area contributed by atoms with E-state index in [-0.39, 0.29) is 12.5 Å². The maximum Gasteiger partial charge on any atom is 0.270 e. The molecule has 0 saturated heterocycles. The molecule has 0 spiro atoms. The monoisotopic (exact) mass is 406 g/mol. The second kappa shape index (κ2) is 8.34. The molecule has 0 bridgehead atoms. The van der Waals surface area contributed by atoms with Gasteiger partial charge in [-0.15, -0.1) is 0 Å². The summed E-state index contributed by atoms with van der Waals surface area (Å²) in [6.45, 7) is 0.0530. The second-order valence-corrected chi connectivity index (χ2v) is 6.88. The van der Waals surface area contributed by atoms with Gasteiger partial charge in [-0.1, -0.05) is 6.07 Å². The minimum Gasteiger partial charge on any atom is -0.487 e. The van der Waals surface area contributed by atoms with Gasteiger partial charge in [0.25, 0.3) is 5.91 Å². The average Bonchev–Trinajstić information content (AvgIpc) is 3.33. The third-order valence-corrected chi connectivity index (χ3v) is 4.71. The number of aryl methyl sites for hydroxylation is 2. The number of carbonyl (C=O) groups is 1. The van der Waals surface area contributed by atoms with Crippen molar-refractivity contribution in [3.8, 4) is 5.75 Å². The molecule has 1 atom stereocenters. The third kappa shape index (κ3) is 4.01. The van der Waals surface area contributed by atoms with E-state index in [4.69, 9.17) is 4.74 Å². The zero-order valence-electron chi connectivity index (χ0n) is 16.7. The van der Waals surface area contributed by atoms with Crippen LogP contribution in [0.5, 0.6) is 5.75 Å². The maximum atomic E-state index is 13.0. The van der Waals surface area contributed by atoms with E-state index in [9.17, 15) is 9.90 Å². The summed E-state index contributed by atoms with van der Waals surface area (Å²) in [5, 5.41) is 21.9. The first-order valence-electron chi connectivity index (χ1n) is 9.46. The summed E-state index contributed by atoms with van der Waals surface area (Å²) >= 11 is 0. The minimum absolute atomic E-state index is 0.267. The average molecular weight is 406 g/mol. The first-order valence-corrected chi connectivity index (χ1v) is 9.46. The van der Waals surface area contributed by atoms with Crippen molar-refractivity contribution < 1.29 is 14.6 Å². The smallest absolute Gasteiger partial charge is 0.270 e. The largest absolute Gasteiger partial charge is 0.487 e. The number of hydrogen-bond acceptors (Lipinski definition) is 6. The number of nitrogens with zero attached hydrogens (tertiary/aromatic N) is 5. The molecule has 30 heavy (non-hydrogen) atoms. The standard InChI is InChI=1S/C21H22N6O3/c1-26-10-8-18(24-26)19(12-28)23-21(29)20-16-11-15(6-7-17(16)25-27(20)2)30-13-14-5-3-4-9-22-14/h3-11,19,28H,12-13H2,1-2H3,(H,23,29). The number of pyridine rings is 1. The topological polar surface area (TPSA) is 107 Å². The van der Waals surface area contributed by atoms with E-state index < -0.39 is 6.04 Å². The van der Waals surface area contributed by atoms with Crippen LogP contribution in [0.3, 0.4) is 0 Å². The van der Waals surface area contributed by atoms with Gasteiger partial charge in [0, 0.05) is 31.9 Å². The number of carbonyl (C=O) groups excluding carboxylic acids is 1. The summed E-state index contributed by atoms with van der Waals surface area (Å²) in [5.74, 6) is 0.255. The van der Waals surface area contributed by atoms with Gasteiger partial charge in [-0.05, 0) is 36.4 Å². The fraction of sp³-hybridized carbons (Fsp3) is 0.238. The van der Waals surface area contributed by atoms with E-state index in [0.717, 1.165) is 5.69 Å². The van der Waals surface area contributed by atoms with Crippen molar-refractivity contribution >= 4 is 16.8 Å².